The van der Waals surface area contributed by atoms with E-state index in [1.807, 2.05) is 30.3 Å². The summed E-state index contributed by atoms with van der Waals surface area (Å²) in [4.78, 5) is 11.2. The van der Waals surface area contributed by atoms with E-state index in [9.17, 15) is 36.2 Å². The first-order chi connectivity index (χ1) is 16.6. The fourth-order valence-corrected chi connectivity index (χ4v) is 4.70. The summed E-state index contributed by atoms with van der Waals surface area (Å²) in [5.74, 6) is -0.514. The Balaban J connectivity index is 1.84. The zero-order valence-electron chi connectivity index (χ0n) is 19.8. The van der Waals surface area contributed by atoms with E-state index in [1.54, 1.807) is 0 Å². The van der Waals surface area contributed by atoms with Crippen LogP contribution in [-0.2, 0) is 27.3 Å². The van der Waals surface area contributed by atoms with Gasteiger partial charge < -0.3 is 15.6 Å². The highest BCUT2D eigenvalue weighted by Crippen LogP contribution is 2.46. The molecule has 1 aliphatic rings. The van der Waals surface area contributed by atoms with Crippen molar-refractivity contribution in [3.8, 4) is 0 Å². The number of carbonyl (C=O) groups excluding carboxylic acids is 1. The summed E-state index contributed by atoms with van der Waals surface area (Å²) in [7, 11) is 0. The summed E-state index contributed by atoms with van der Waals surface area (Å²) in [5.41, 5.74) is 1.41. The second kappa shape index (κ2) is 10.4. The van der Waals surface area contributed by atoms with Gasteiger partial charge in [-0.1, -0.05) is 30.3 Å². The largest absolute Gasteiger partial charge is 0.416 e. The zero-order chi connectivity index (χ0) is 26.8. The Hall–Kier alpha value is -2.59. The van der Waals surface area contributed by atoms with E-state index >= 15 is 0 Å². The van der Waals surface area contributed by atoms with Gasteiger partial charge in [-0.15, -0.1) is 0 Å². The zero-order valence-corrected chi connectivity index (χ0v) is 19.8. The first kappa shape index (κ1) is 28.0. The molecule has 10 heteroatoms. The highest BCUT2D eigenvalue weighted by atomic mass is 19.4. The van der Waals surface area contributed by atoms with Crippen LogP contribution in [0.25, 0.3) is 0 Å². The van der Waals surface area contributed by atoms with E-state index < -0.39 is 46.5 Å². The third-order valence-corrected chi connectivity index (χ3v) is 7.05. The summed E-state index contributed by atoms with van der Waals surface area (Å²) in [6, 6.07) is 10.7. The van der Waals surface area contributed by atoms with Crippen LogP contribution < -0.4 is 5.73 Å². The molecule has 1 saturated carbocycles. The molecule has 1 amide bonds. The minimum absolute atomic E-state index is 0.0294. The Bertz CT molecular complexity index is 1010. The van der Waals surface area contributed by atoms with Crippen molar-refractivity contribution in [1.82, 2.24) is 0 Å². The molecule has 0 radical (unpaired) electrons. The van der Waals surface area contributed by atoms with Gasteiger partial charge in [0.25, 0.3) is 0 Å². The lowest BCUT2D eigenvalue weighted by molar-refractivity contribution is -0.143. The number of aliphatic hydroxyl groups is 1. The van der Waals surface area contributed by atoms with E-state index in [4.69, 9.17) is 10.5 Å². The van der Waals surface area contributed by atoms with Gasteiger partial charge in [-0.05, 0) is 68.4 Å². The molecule has 3 N–H and O–H groups in total. The number of nitrogens with two attached hydrogens (primary N) is 1. The second-order valence-corrected chi connectivity index (χ2v) is 9.63. The van der Waals surface area contributed by atoms with Gasteiger partial charge >= 0.3 is 12.4 Å². The average Bonchev–Trinajstić information content (AvgIpc) is 2.82. The van der Waals surface area contributed by atoms with Crippen molar-refractivity contribution in [3.63, 3.8) is 0 Å². The van der Waals surface area contributed by atoms with Gasteiger partial charge in [0.1, 0.15) is 0 Å². The molecular weight excluding hydrogens is 488 g/mol. The molecule has 2 aromatic carbocycles. The molecule has 1 atom stereocenters. The second-order valence-electron chi connectivity index (χ2n) is 9.63. The van der Waals surface area contributed by atoms with Crippen molar-refractivity contribution < 1.29 is 41.0 Å². The summed E-state index contributed by atoms with van der Waals surface area (Å²) in [5, 5.41) is 10.9. The number of ether oxygens (including phenoxy) is 1. The normalized spacial score (nSPS) is 23.9. The van der Waals surface area contributed by atoms with Gasteiger partial charge in [-0.2, -0.15) is 26.3 Å². The third kappa shape index (κ3) is 6.79. The number of alkyl halides is 6. The lowest BCUT2D eigenvalue weighted by Gasteiger charge is -2.45. The van der Waals surface area contributed by atoms with E-state index in [2.05, 4.69) is 0 Å². The smallest absolute Gasteiger partial charge is 0.390 e. The molecule has 0 unspecified atom stereocenters. The van der Waals surface area contributed by atoms with Crippen LogP contribution in [0.2, 0.25) is 0 Å². The lowest BCUT2D eigenvalue weighted by Crippen LogP contribution is -2.44. The average molecular weight is 518 g/mol. The molecule has 0 aromatic heterocycles. The van der Waals surface area contributed by atoms with Crippen LogP contribution in [0.1, 0.15) is 73.8 Å². The van der Waals surface area contributed by atoms with E-state index in [0.29, 0.717) is 37.8 Å². The highest BCUT2D eigenvalue weighted by molar-refractivity contribution is 5.73. The number of primary amides is 1. The number of hydrogen-bond donors (Lipinski definition) is 2. The topological polar surface area (TPSA) is 72.6 Å². The molecule has 0 bridgehead atoms. The van der Waals surface area contributed by atoms with Crippen molar-refractivity contribution in [2.75, 3.05) is 6.61 Å². The van der Waals surface area contributed by atoms with Gasteiger partial charge in [0, 0.05) is 11.8 Å². The number of halogens is 6. The molecule has 0 heterocycles. The number of hydrogen-bond acceptors (Lipinski definition) is 3. The summed E-state index contributed by atoms with van der Waals surface area (Å²) >= 11 is 0. The Labute approximate surface area is 205 Å². The van der Waals surface area contributed by atoms with Crippen LogP contribution in [0.15, 0.2) is 48.5 Å². The summed E-state index contributed by atoms with van der Waals surface area (Å²) < 4.78 is 85.6. The van der Waals surface area contributed by atoms with Crippen molar-refractivity contribution in [3.05, 3.63) is 70.8 Å². The van der Waals surface area contributed by atoms with Gasteiger partial charge in [0.05, 0.1) is 29.4 Å². The van der Waals surface area contributed by atoms with Crippen molar-refractivity contribution in [1.29, 1.82) is 0 Å². The molecule has 4 nitrogen and oxygen atoms in total. The van der Waals surface area contributed by atoms with Crippen LogP contribution >= 0.6 is 0 Å². The fraction of sp³-hybridized carbons (Fsp3) is 0.500. The fourth-order valence-electron chi connectivity index (χ4n) is 4.70. The van der Waals surface area contributed by atoms with Crippen LogP contribution in [0.5, 0.6) is 0 Å². The number of carbonyl (C=O) groups is 1. The molecular formula is C26H29F6NO3. The lowest BCUT2D eigenvalue weighted by atomic mass is 9.64. The molecule has 36 heavy (non-hydrogen) atoms. The molecule has 0 aliphatic heterocycles. The van der Waals surface area contributed by atoms with Crippen molar-refractivity contribution in [2.24, 2.45) is 5.73 Å². The Morgan fingerprint density at radius 1 is 0.972 bits per heavy atom. The van der Waals surface area contributed by atoms with Gasteiger partial charge in [-0.3, -0.25) is 4.79 Å². The Morgan fingerprint density at radius 2 is 1.50 bits per heavy atom. The van der Waals surface area contributed by atoms with Crippen LogP contribution in [-0.4, -0.2) is 23.2 Å². The number of amides is 1. The molecule has 0 saturated heterocycles. The first-order valence-electron chi connectivity index (χ1n) is 11.6. The minimum atomic E-state index is -4.94. The van der Waals surface area contributed by atoms with E-state index in [1.165, 1.54) is 6.92 Å². The van der Waals surface area contributed by atoms with Gasteiger partial charge in [0.15, 0.2) is 0 Å². The minimum Gasteiger partial charge on any atom is -0.390 e. The van der Waals surface area contributed by atoms with E-state index in [-0.39, 0.29) is 31.1 Å². The maximum atomic E-state index is 13.3. The first-order valence-corrected chi connectivity index (χ1v) is 11.6. The predicted molar refractivity (Wildman–Crippen MR) is 121 cm³/mol. The number of rotatable bonds is 8. The molecule has 3 rings (SSSR count). The maximum Gasteiger partial charge on any atom is 0.416 e. The Morgan fingerprint density at radius 3 is 1.97 bits per heavy atom. The molecule has 198 valence electrons. The molecule has 1 aliphatic carbocycles. The molecule has 0 spiro atoms. The van der Waals surface area contributed by atoms with Crippen LogP contribution in [0, 0.1) is 0 Å². The SMILES string of the molecule is C[C@@H](OCC1(c2ccccc2)CCC(O)(CCC(N)=O)CC1)c1cc(C(F)(F)F)cc(C(F)(F)F)c1. The maximum absolute atomic E-state index is 13.3. The van der Waals surface area contributed by atoms with Gasteiger partial charge in [0.2, 0.25) is 5.91 Å². The third-order valence-electron chi connectivity index (χ3n) is 7.05. The van der Waals surface area contributed by atoms with Crippen LogP contribution in [0.4, 0.5) is 26.3 Å². The highest BCUT2D eigenvalue weighted by Gasteiger charge is 2.43. The number of benzene rings is 2. The van der Waals surface area contributed by atoms with Crippen molar-refractivity contribution >= 4 is 5.91 Å². The van der Waals surface area contributed by atoms with Crippen LogP contribution in [0.3, 0.4) is 0 Å². The molecule has 1 fully saturated rings. The van der Waals surface area contributed by atoms with E-state index in [0.717, 1.165) is 5.56 Å². The quantitative estimate of drug-likeness (QED) is 0.403. The molecule has 2 aromatic rings. The monoisotopic (exact) mass is 517 g/mol. The van der Waals surface area contributed by atoms with Crippen molar-refractivity contribution in [2.45, 2.75) is 74.9 Å². The summed E-state index contributed by atoms with van der Waals surface area (Å²) in [6.07, 6.45) is -9.09. The van der Waals surface area contributed by atoms with Gasteiger partial charge in [-0.25, -0.2) is 0 Å². The predicted octanol–water partition coefficient (Wildman–Crippen LogP) is 6.31. The summed E-state index contributed by atoms with van der Waals surface area (Å²) in [6.45, 7) is 1.45. The Kier molecular flexibility index (Phi) is 8.10. The standard InChI is InChI=1S/C26H29F6NO3/c1-17(18-13-20(25(27,28)29)15-21(14-18)26(30,31)32)36-16-23(19-5-3-2-4-6-19)9-11-24(35,12-10-23)8-7-22(33)34/h2-6,13-15,17,35H,7-12,16H2,1H3,(H2,33,34)/t17-,23?,24?/m1/s1.